The van der Waals surface area contributed by atoms with Crippen LogP contribution in [0.25, 0.3) is 6.08 Å². The van der Waals surface area contributed by atoms with E-state index in [9.17, 15) is 9.90 Å². The summed E-state index contributed by atoms with van der Waals surface area (Å²) in [6.45, 7) is 2.74. The lowest BCUT2D eigenvalue weighted by atomic mass is 10.2. The highest BCUT2D eigenvalue weighted by molar-refractivity contribution is 5.92. The zero-order chi connectivity index (χ0) is 16.9. The smallest absolute Gasteiger partial charge is 0.246 e. The molecular formula is C18H20N4O2. The van der Waals surface area contributed by atoms with Gasteiger partial charge in [0.05, 0.1) is 6.20 Å². The molecule has 1 amide bonds. The third-order valence-electron chi connectivity index (χ3n) is 4.00. The number of anilines is 2. The van der Waals surface area contributed by atoms with Crippen molar-refractivity contribution in [2.75, 3.05) is 36.8 Å². The highest BCUT2D eigenvalue weighted by atomic mass is 16.3. The van der Waals surface area contributed by atoms with E-state index in [1.807, 2.05) is 29.2 Å². The van der Waals surface area contributed by atoms with Gasteiger partial charge in [0, 0.05) is 37.9 Å². The van der Waals surface area contributed by atoms with E-state index in [0.29, 0.717) is 18.8 Å². The van der Waals surface area contributed by atoms with Crippen molar-refractivity contribution in [3.63, 3.8) is 0 Å². The molecule has 24 heavy (non-hydrogen) atoms. The van der Waals surface area contributed by atoms with E-state index in [1.165, 1.54) is 6.20 Å². The van der Waals surface area contributed by atoms with Gasteiger partial charge in [0.1, 0.15) is 11.6 Å². The van der Waals surface area contributed by atoms with Crippen LogP contribution >= 0.6 is 0 Å². The number of aromatic nitrogens is 1. The van der Waals surface area contributed by atoms with E-state index in [4.69, 9.17) is 5.73 Å². The summed E-state index contributed by atoms with van der Waals surface area (Å²) in [5.74, 6) is 0.975. The first-order valence-electron chi connectivity index (χ1n) is 7.84. The second-order valence-corrected chi connectivity index (χ2v) is 5.69. The Morgan fingerprint density at radius 3 is 2.42 bits per heavy atom. The zero-order valence-electron chi connectivity index (χ0n) is 13.3. The number of carbonyl (C=O) groups is 1. The van der Waals surface area contributed by atoms with Gasteiger partial charge in [-0.3, -0.25) is 4.79 Å². The lowest BCUT2D eigenvalue weighted by Gasteiger charge is -2.34. The molecule has 3 rings (SSSR count). The largest absolute Gasteiger partial charge is 0.506 e. The number of nitrogens with two attached hydrogens (primary N) is 1. The lowest BCUT2D eigenvalue weighted by Crippen LogP contribution is -2.48. The van der Waals surface area contributed by atoms with E-state index in [0.717, 1.165) is 24.5 Å². The number of pyridine rings is 1. The maximum Gasteiger partial charge on any atom is 0.246 e. The quantitative estimate of drug-likeness (QED) is 0.664. The molecule has 0 spiro atoms. The minimum absolute atomic E-state index is 0.00476. The van der Waals surface area contributed by atoms with Crippen LogP contribution in [0.5, 0.6) is 5.75 Å². The van der Waals surface area contributed by atoms with Crippen molar-refractivity contribution in [3.05, 3.63) is 54.2 Å². The number of hydrogen-bond acceptors (Lipinski definition) is 5. The fourth-order valence-corrected chi connectivity index (χ4v) is 2.60. The van der Waals surface area contributed by atoms with Gasteiger partial charge >= 0.3 is 0 Å². The maximum absolute atomic E-state index is 12.3. The number of rotatable bonds is 3. The monoisotopic (exact) mass is 324 g/mol. The van der Waals surface area contributed by atoms with Crippen molar-refractivity contribution >= 4 is 23.5 Å². The third-order valence-corrected chi connectivity index (χ3v) is 4.00. The van der Waals surface area contributed by atoms with Gasteiger partial charge in [-0.25, -0.2) is 4.98 Å². The molecule has 0 aliphatic carbocycles. The van der Waals surface area contributed by atoms with Gasteiger partial charge < -0.3 is 20.6 Å². The van der Waals surface area contributed by atoms with Crippen molar-refractivity contribution < 1.29 is 9.90 Å². The molecule has 6 heteroatoms. The normalized spacial score (nSPS) is 15.0. The molecule has 1 fully saturated rings. The summed E-state index contributed by atoms with van der Waals surface area (Å²) in [5.41, 5.74) is 7.30. The van der Waals surface area contributed by atoms with Crippen LogP contribution in [0.4, 0.5) is 11.5 Å². The molecule has 3 N–H and O–H groups in total. The lowest BCUT2D eigenvalue weighted by molar-refractivity contribution is -0.126. The molecule has 6 nitrogen and oxygen atoms in total. The van der Waals surface area contributed by atoms with Crippen molar-refractivity contribution in [2.45, 2.75) is 0 Å². The fourth-order valence-electron chi connectivity index (χ4n) is 2.60. The van der Waals surface area contributed by atoms with Gasteiger partial charge in [0.15, 0.2) is 0 Å². The average Bonchev–Trinajstić information content (AvgIpc) is 2.62. The summed E-state index contributed by atoms with van der Waals surface area (Å²) in [5, 5.41) is 9.29. The molecule has 1 saturated heterocycles. The minimum atomic E-state index is 0.00476. The maximum atomic E-state index is 12.3. The van der Waals surface area contributed by atoms with Crippen LogP contribution < -0.4 is 10.6 Å². The second kappa shape index (κ2) is 7.04. The number of carbonyl (C=O) groups excluding carboxylic acids is 1. The average molecular weight is 324 g/mol. The van der Waals surface area contributed by atoms with Crippen LogP contribution in [0.3, 0.4) is 0 Å². The van der Waals surface area contributed by atoms with Gasteiger partial charge in [-0.15, -0.1) is 0 Å². The molecule has 1 aromatic heterocycles. The summed E-state index contributed by atoms with van der Waals surface area (Å²) in [4.78, 5) is 20.4. The van der Waals surface area contributed by atoms with Gasteiger partial charge in [0.25, 0.3) is 0 Å². The Hall–Kier alpha value is -3.02. The Bertz CT molecular complexity index is 718. The Kier molecular flexibility index (Phi) is 4.65. The molecule has 2 heterocycles. The van der Waals surface area contributed by atoms with Gasteiger partial charge in [-0.2, -0.15) is 0 Å². The first kappa shape index (κ1) is 15.9. The molecule has 1 aromatic carbocycles. The molecule has 1 aliphatic heterocycles. The summed E-state index contributed by atoms with van der Waals surface area (Å²) in [6, 6.07) is 10.8. The van der Waals surface area contributed by atoms with Crippen molar-refractivity contribution in [1.82, 2.24) is 9.88 Å². The third kappa shape index (κ3) is 3.84. The molecular weight excluding hydrogens is 304 g/mol. The van der Waals surface area contributed by atoms with Crippen LogP contribution in [0.2, 0.25) is 0 Å². The first-order chi connectivity index (χ1) is 11.6. The molecule has 0 unspecified atom stereocenters. The SMILES string of the molecule is Nc1ccc(/C=C/C(=O)N2CCN(c3ccc(O)cn3)CC2)cc1. The number of nitrogens with zero attached hydrogens (tertiary/aromatic N) is 3. The molecule has 2 aromatic rings. The van der Waals surface area contributed by atoms with Gasteiger partial charge in [-0.05, 0) is 35.9 Å². The molecule has 1 aliphatic rings. The van der Waals surface area contributed by atoms with Gasteiger partial charge in [-0.1, -0.05) is 12.1 Å². The molecule has 124 valence electrons. The summed E-state index contributed by atoms with van der Waals surface area (Å²) < 4.78 is 0. The second-order valence-electron chi connectivity index (χ2n) is 5.69. The highest BCUT2D eigenvalue weighted by Gasteiger charge is 2.20. The number of aromatic hydroxyl groups is 1. The van der Waals surface area contributed by atoms with E-state index in [-0.39, 0.29) is 11.7 Å². The highest BCUT2D eigenvalue weighted by Crippen LogP contribution is 2.16. The summed E-state index contributed by atoms with van der Waals surface area (Å²) in [6.07, 6.45) is 4.83. The van der Waals surface area contributed by atoms with E-state index >= 15 is 0 Å². The molecule has 0 saturated carbocycles. The fraction of sp³-hybridized carbons (Fsp3) is 0.222. The first-order valence-corrected chi connectivity index (χ1v) is 7.84. The Labute approximate surface area is 140 Å². The van der Waals surface area contributed by atoms with Gasteiger partial charge in [0.2, 0.25) is 5.91 Å². The van der Waals surface area contributed by atoms with Crippen LogP contribution in [0, 0.1) is 0 Å². The number of piperazine rings is 1. The number of nitrogen functional groups attached to an aromatic ring is 1. The minimum Gasteiger partial charge on any atom is -0.506 e. The number of benzene rings is 1. The van der Waals surface area contributed by atoms with E-state index < -0.39 is 0 Å². The molecule has 0 radical (unpaired) electrons. The molecule has 0 bridgehead atoms. The van der Waals surface area contributed by atoms with Crippen LogP contribution in [0.15, 0.2) is 48.7 Å². The predicted octanol–water partition coefficient (Wildman–Crippen LogP) is 1.73. The zero-order valence-corrected chi connectivity index (χ0v) is 13.3. The Morgan fingerprint density at radius 2 is 1.79 bits per heavy atom. The topological polar surface area (TPSA) is 82.7 Å². The van der Waals surface area contributed by atoms with Crippen LogP contribution in [-0.4, -0.2) is 47.1 Å². The number of hydrogen-bond donors (Lipinski definition) is 2. The van der Waals surface area contributed by atoms with Crippen molar-refractivity contribution in [2.24, 2.45) is 0 Å². The Morgan fingerprint density at radius 1 is 1.08 bits per heavy atom. The summed E-state index contributed by atoms with van der Waals surface area (Å²) in [7, 11) is 0. The standard InChI is InChI=1S/C18H20N4O2/c19-15-4-1-14(2-5-15)3-8-18(24)22-11-9-21(10-12-22)17-7-6-16(23)13-20-17/h1-8,13,23H,9-12,19H2/b8-3+. The van der Waals surface area contributed by atoms with Crippen LogP contribution in [0.1, 0.15) is 5.56 Å². The Balaban J connectivity index is 1.55. The van der Waals surface area contributed by atoms with Crippen LogP contribution in [-0.2, 0) is 4.79 Å². The van der Waals surface area contributed by atoms with E-state index in [1.54, 1.807) is 24.3 Å². The predicted molar refractivity (Wildman–Crippen MR) is 94.6 cm³/mol. The molecule has 0 atom stereocenters. The van der Waals surface area contributed by atoms with Crippen molar-refractivity contribution in [3.8, 4) is 5.75 Å². The summed E-state index contributed by atoms with van der Waals surface area (Å²) >= 11 is 0. The van der Waals surface area contributed by atoms with Crippen molar-refractivity contribution in [1.29, 1.82) is 0 Å². The van der Waals surface area contributed by atoms with E-state index in [2.05, 4.69) is 9.88 Å². The number of amides is 1.